The number of para-hydroxylation sites is 1. The molecule has 2 amide bonds. The molecule has 0 aliphatic carbocycles. The molecular weight excluding hydrogens is 460 g/mol. The predicted octanol–water partition coefficient (Wildman–Crippen LogP) is 3.75. The number of nitrogens with zero attached hydrogens (tertiary/aromatic N) is 3. The summed E-state index contributed by atoms with van der Waals surface area (Å²) >= 11 is 0. The minimum atomic E-state index is -0.405. The third-order valence-corrected chi connectivity index (χ3v) is 6.47. The van der Waals surface area contributed by atoms with Gasteiger partial charge in [0.1, 0.15) is 24.7 Å². The first-order chi connectivity index (χ1) is 17.3. The number of rotatable bonds is 12. The lowest BCUT2D eigenvalue weighted by molar-refractivity contribution is 0.0562. The summed E-state index contributed by atoms with van der Waals surface area (Å²) in [7, 11) is 4.99. The molecule has 9 heteroatoms. The van der Waals surface area contributed by atoms with E-state index in [-0.39, 0.29) is 31.2 Å². The molecular formula is C27H42N4O5. The quantitative estimate of drug-likeness (QED) is 0.445. The second-order valence-corrected chi connectivity index (χ2v) is 9.74. The zero-order valence-electron chi connectivity index (χ0n) is 22.4. The fraction of sp³-hybridized carbons (Fsp3) is 0.630. The van der Waals surface area contributed by atoms with Crippen LogP contribution in [0.5, 0.6) is 5.75 Å². The van der Waals surface area contributed by atoms with Crippen LogP contribution in [0.4, 0.5) is 4.79 Å². The van der Waals surface area contributed by atoms with Crippen molar-refractivity contribution in [1.29, 1.82) is 0 Å². The van der Waals surface area contributed by atoms with Gasteiger partial charge in [-0.15, -0.1) is 0 Å². The van der Waals surface area contributed by atoms with Crippen LogP contribution in [0, 0.1) is 0 Å². The van der Waals surface area contributed by atoms with E-state index in [2.05, 4.69) is 23.7 Å². The molecule has 9 nitrogen and oxygen atoms in total. The maximum atomic E-state index is 14.0. The lowest BCUT2D eigenvalue weighted by Gasteiger charge is -2.37. The highest BCUT2D eigenvalue weighted by Gasteiger charge is 2.31. The molecule has 1 N–H and O–H groups in total. The van der Waals surface area contributed by atoms with Gasteiger partial charge in [-0.05, 0) is 58.2 Å². The van der Waals surface area contributed by atoms with Crippen molar-refractivity contribution >= 4 is 22.9 Å². The van der Waals surface area contributed by atoms with Crippen LogP contribution in [0.3, 0.4) is 0 Å². The van der Waals surface area contributed by atoms with Crippen LogP contribution in [0.15, 0.2) is 24.3 Å². The van der Waals surface area contributed by atoms with Crippen molar-refractivity contribution < 1.29 is 23.8 Å². The highest BCUT2D eigenvalue weighted by Crippen LogP contribution is 2.31. The van der Waals surface area contributed by atoms with Crippen LogP contribution in [0.2, 0.25) is 0 Å². The second-order valence-electron chi connectivity index (χ2n) is 9.74. The van der Waals surface area contributed by atoms with Gasteiger partial charge >= 0.3 is 6.09 Å². The van der Waals surface area contributed by atoms with Gasteiger partial charge in [0.25, 0.3) is 5.91 Å². The van der Waals surface area contributed by atoms with Crippen molar-refractivity contribution in [2.24, 2.45) is 0 Å². The third kappa shape index (κ3) is 6.91. The molecule has 36 heavy (non-hydrogen) atoms. The highest BCUT2D eigenvalue weighted by atomic mass is 16.6. The average molecular weight is 503 g/mol. The Morgan fingerprint density at radius 2 is 1.97 bits per heavy atom. The molecule has 2 heterocycles. The summed E-state index contributed by atoms with van der Waals surface area (Å²) in [6.07, 6.45) is 3.44. The van der Waals surface area contributed by atoms with Gasteiger partial charge in [0.2, 0.25) is 0 Å². The van der Waals surface area contributed by atoms with Crippen LogP contribution in [0.1, 0.15) is 50.0 Å². The normalized spacial score (nSPS) is 15.8. The first kappa shape index (κ1) is 27.8. The van der Waals surface area contributed by atoms with Crippen LogP contribution in [-0.4, -0.2) is 92.6 Å². The Bertz CT molecular complexity index is 997. The van der Waals surface area contributed by atoms with Gasteiger partial charge in [0.15, 0.2) is 0 Å². The first-order valence-electron chi connectivity index (χ1n) is 13.0. The van der Waals surface area contributed by atoms with Crippen molar-refractivity contribution in [1.82, 2.24) is 19.7 Å². The molecule has 0 unspecified atom stereocenters. The van der Waals surface area contributed by atoms with Gasteiger partial charge in [-0.25, -0.2) is 4.79 Å². The Labute approximate surface area is 214 Å². The maximum Gasteiger partial charge on any atom is 0.409 e. The number of carbonyl (C=O) groups excluding carboxylic acids is 2. The molecule has 0 radical (unpaired) electrons. The molecule has 3 rings (SSSR count). The number of aryl methyl sites for hydroxylation is 1. The molecule has 1 aromatic heterocycles. The Morgan fingerprint density at radius 3 is 2.64 bits per heavy atom. The topological polar surface area (TPSA) is 85.3 Å². The monoisotopic (exact) mass is 502 g/mol. The Kier molecular flexibility index (Phi) is 10.4. The van der Waals surface area contributed by atoms with Gasteiger partial charge in [-0.1, -0.05) is 12.1 Å². The van der Waals surface area contributed by atoms with Gasteiger partial charge in [-0.3, -0.25) is 4.79 Å². The van der Waals surface area contributed by atoms with E-state index in [1.807, 2.05) is 29.2 Å². The number of hydrogen-bond acceptors (Lipinski definition) is 6. The van der Waals surface area contributed by atoms with E-state index in [1.54, 1.807) is 21.2 Å². The molecule has 1 aliphatic rings. The first-order valence-corrected chi connectivity index (χ1v) is 13.0. The van der Waals surface area contributed by atoms with E-state index in [0.29, 0.717) is 24.6 Å². The van der Waals surface area contributed by atoms with Gasteiger partial charge in [-0.2, -0.15) is 0 Å². The van der Waals surface area contributed by atoms with Crippen molar-refractivity contribution in [2.75, 3.05) is 54.1 Å². The Hall–Kier alpha value is -2.78. The van der Waals surface area contributed by atoms with Crippen molar-refractivity contribution in [2.45, 2.75) is 58.2 Å². The van der Waals surface area contributed by atoms with Crippen LogP contribution < -0.4 is 10.1 Å². The minimum absolute atomic E-state index is 0.0486. The van der Waals surface area contributed by atoms with E-state index < -0.39 is 6.09 Å². The van der Waals surface area contributed by atoms with Crippen molar-refractivity contribution in [3.05, 3.63) is 30.0 Å². The number of fused-ring (bicyclic) bond motifs is 1. The van der Waals surface area contributed by atoms with Crippen molar-refractivity contribution in [3.63, 3.8) is 0 Å². The molecule has 1 atom stereocenters. The number of carbonyl (C=O) groups is 2. The van der Waals surface area contributed by atoms with Gasteiger partial charge in [0.05, 0.1) is 5.52 Å². The number of ether oxygens (including phenoxy) is 3. The van der Waals surface area contributed by atoms with Gasteiger partial charge < -0.3 is 33.9 Å². The SMILES string of the molecule is COCCCCn1c(C(=O)N(C(C)C)[C@@H]2CCCNC2)cc2cccc(OCCOC(=O)N(C)C)c21. The zero-order chi connectivity index (χ0) is 26.1. The molecule has 0 spiro atoms. The molecule has 1 saturated heterocycles. The van der Waals surface area contributed by atoms with Crippen molar-refractivity contribution in [3.8, 4) is 5.75 Å². The molecule has 1 aromatic carbocycles. The number of aromatic nitrogens is 1. The summed E-state index contributed by atoms with van der Waals surface area (Å²) in [5, 5.41) is 4.40. The molecule has 0 saturated carbocycles. The molecule has 1 aliphatic heterocycles. The fourth-order valence-corrected chi connectivity index (χ4v) is 4.77. The summed E-state index contributed by atoms with van der Waals surface area (Å²) in [6.45, 7) is 7.71. The van der Waals surface area contributed by atoms with E-state index >= 15 is 0 Å². The Morgan fingerprint density at radius 1 is 1.17 bits per heavy atom. The van der Waals surface area contributed by atoms with Gasteiger partial charge in [0, 0.05) is 58.4 Å². The number of nitrogens with one attached hydrogen (secondary N) is 1. The van der Waals surface area contributed by atoms with Crippen LogP contribution in [0.25, 0.3) is 10.9 Å². The van der Waals surface area contributed by atoms with E-state index in [0.717, 1.165) is 49.7 Å². The minimum Gasteiger partial charge on any atom is -0.488 e. The smallest absolute Gasteiger partial charge is 0.409 e. The lowest BCUT2D eigenvalue weighted by atomic mass is 10.0. The number of benzene rings is 1. The fourth-order valence-electron chi connectivity index (χ4n) is 4.77. The maximum absolute atomic E-state index is 14.0. The molecule has 0 bridgehead atoms. The number of methoxy groups -OCH3 is 1. The summed E-state index contributed by atoms with van der Waals surface area (Å²) < 4.78 is 18.6. The molecule has 200 valence electrons. The summed E-state index contributed by atoms with van der Waals surface area (Å²) in [6, 6.07) is 8.09. The predicted molar refractivity (Wildman–Crippen MR) is 141 cm³/mol. The largest absolute Gasteiger partial charge is 0.488 e. The van der Waals surface area contributed by atoms with Crippen LogP contribution >= 0.6 is 0 Å². The highest BCUT2D eigenvalue weighted by molar-refractivity contribution is 6.00. The summed E-state index contributed by atoms with van der Waals surface area (Å²) in [5.74, 6) is 0.724. The van der Waals surface area contributed by atoms with E-state index in [9.17, 15) is 9.59 Å². The number of hydrogen-bond donors (Lipinski definition) is 1. The summed E-state index contributed by atoms with van der Waals surface area (Å²) in [4.78, 5) is 29.1. The average Bonchev–Trinajstić information content (AvgIpc) is 3.24. The van der Waals surface area contributed by atoms with E-state index in [4.69, 9.17) is 14.2 Å². The van der Waals surface area contributed by atoms with E-state index in [1.165, 1.54) is 4.90 Å². The zero-order valence-corrected chi connectivity index (χ0v) is 22.4. The number of unbranched alkanes of at least 4 members (excludes halogenated alkanes) is 1. The Balaban J connectivity index is 1.91. The lowest BCUT2D eigenvalue weighted by Crippen LogP contribution is -2.52. The molecule has 2 aromatic rings. The standard InChI is InChI=1S/C27H42N4O5/c1-20(2)31(22-11-9-13-28-19-22)26(32)23-18-21-10-8-12-24(35-16-17-36-27(33)29(3)4)25(21)30(23)14-6-7-15-34-5/h8,10,12,18,20,22,28H,6-7,9,11,13-17,19H2,1-5H3/t22-/m1/s1. The third-order valence-electron chi connectivity index (χ3n) is 6.47. The number of amides is 2. The number of piperidine rings is 1. The molecule has 1 fully saturated rings. The summed E-state index contributed by atoms with van der Waals surface area (Å²) in [5.41, 5.74) is 1.57. The van der Waals surface area contributed by atoms with Crippen LogP contribution in [-0.2, 0) is 16.0 Å². The second kappa shape index (κ2) is 13.5.